The number of pyridine rings is 1. The summed E-state index contributed by atoms with van der Waals surface area (Å²) in [6, 6.07) is 10.7. The number of rotatable bonds is 2. The van der Waals surface area contributed by atoms with Gasteiger partial charge in [-0.2, -0.15) is 0 Å². The van der Waals surface area contributed by atoms with Gasteiger partial charge in [-0.15, -0.1) is 0 Å². The van der Waals surface area contributed by atoms with Gasteiger partial charge in [-0.05, 0) is 37.4 Å². The topological polar surface area (TPSA) is 24.9 Å². The summed E-state index contributed by atoms with van der Waals surface area (Å²) < 4.78 is 0. The van der Waals surface area contributed by atoms with Crippen molar-refractivity contribution in [3.05, 3.63) is 42.1 Å². The fourth-order valence-electron chi connectivity index (χ4n) is 3.02. The van der Waals surface area contributed by atoms with Gasteiger partial charge in [0.2, 0.25) is 0 Å². The molecule has 0 bridgehead atoms. The number of fused-ring (bicyclic) bond motifs is 1. The van der Waals surface area contributed by atoms with Crippen LogP contribution in [0.25, 0.3) is 10.9 Å². The van der Waals surface area contributed by atoms with Crippen LogP contribution in [0.2, 0.25) is 0 Å². The summed E-state index contributed by atoms with van der Waals surface area (Å²) in [5, 5.41) is 4.93. The van der Waals surface area contributed by atoms with Crippen LogP contribution in [0, 0.1) is 0 Å². The lowest BCUT2D eigenvalue weighted by Gasteiger charge is -2.29. The van der Waals surface area contributed by atoms with Crippen molar-refractivity contribution < 1.29 is 0 Å². The Labute approximate surface area is 102 Å². The molecule has 1 aromatic heterocycles. The van der Waals surface area contributed by atoms with E-state index in [0.717, 1.165) is 18.5 Å². The Morgan fingerprint density at radius 3 is 2.94 bits per heavy atom. The molecule has 3 rings (SSSR count). The maximum absolute atomic E-state index is 4.58. The first-order valence-electron chi connectivity index (χ1n) is 6.45. The summed E-state index contributed by atoms with van der Waals surface area (Å²) in [6.07, 6.45) is 5.50. The highest BCUT2D eigenvalue weighted by molar-refractivity contribution is 5.82. The van der Waals surface area contributed by atoms with Gasteiger partial charge in [0.15, 0.2) is 0 Å². The summed E-state index contributed by atoms with van der Waals surface area (Å²) in [5.74, 6) is 0. The normalized spacial score (nSPS) is 24.3. The van der Waals surface area contributed by atoms with E-state index in [9.17, 15) is 0 Å². The molecule has 2 nitrogen and oxygen atoms in total. The molecule has 2 heteroatoms. The summed E-state index contributed by atoms with van der Waals surface area (Å²) in [7, 11) is 0. The van der Waals surface area contributed by atoms with E-state index in [1.54, 1.807) is 0 Å². The van der Waals surface area contributed by atoms with E-state index >= 15 is 0 Å². The second-order valence-electron chi connectivity index (χ2n) is 4.85. The highest BCUT2D eigenvalue weighted by Gasteiger charge is 2.34. The van der Waals surface area contributed by atoms with Crippen molar-refractivity contribution in [2.24, 2.45) is 0 Å². The number of para-hydroxylation sites is 1. The average Bonchev–Trinajstić information content (AvgIpc) is 2.88. The quantitative estimate of drug-likeness (QED) is 0.850. The molecule has 1 aliphatic heterocycles. The molecule has 0 aliphatic carbocycles. The Hall–Kier alpha value is -1.41. The number of hydrogen-bond donors (Lipinski definition) is 1. The Balaban J connectivity index is 2.22. The second kappa shape index (κ2) is 4.11. The predicted octanol–water partition coefficient (Wildman–Crippen LogP) is 3.22. The predicted molar refractivity (Wildman–Crippen MR) is 70.9 cm³/mol. The summed E-state index contributed by atoms with van der Waals surface area (Å²) in [4.78, 5) is 4.58. The number of benzene rings is 1. The van der Waals surface area contributed by atoms with Gasteiger partial charge < -0.3 is 5.32 Å². The van der Waals surface area contributed by atoms with Crippen LogP contribution in [-0.4, -0.2) is 11.5 Å². The second-order valence-corrected chi connectivity index (χ2v) is 4.85. The summed E-state index contributed by atoms with van der Waals surface area (Å²) >= 11 is 0. The van der Waals surface area contributed by atoms with Gasteiger partial charge in [-0.3, -0.25) is 4.98 Å². The first-order valence-corrected chi connectivity index (χ1v) is 6.45. The first kappa shape index (κ1) is 10.7. The van der Waals surface area contributed by atoms with Crippen LogP contribution < -0.4 is 5.32 Å². The SMILES string of the molecule is CCC1(c2cccc3cccnc23)CCCN1. The van der Waals surface area contributed by atoms with E-state index in [2.05, 4.69) is 41.5 Å². The van der Waals surface area contributed by atoms with Crippen molar-refractivity contribution in [2.45, 2.75) is 31.7 Å². The van der Waals surface area contributed by atoms with Gasteiger partial charge in [-0.1, -0.05) is 31.2 Å². The Morgan fingerprint density at radius 2 is 2.18 bits per heavy atom. The van der Waals surface area contributed by atoms with Crippen molar-refractivity contribution in [1.82, 2.24) is 10.3 Å². The molecule has 1 aliphatic rings. The van der Waals surface area contributed by atoms with Gasteiger partial charge in [0.05, 0.1) is 5.52 Å². The molecule has 2 heterocycles. The molecular formula is C15H18N2. The van der Waals surface area contributed by atoms with E-state index in [0.29, 0.717) is 0 Å². The molecule has 1 aromatic carbocycles. The Kier molecular flexibility index (Phi) is 2.60. The number of aromatic nitrogens is 1. The fraction of sp³-hybridized carbons (Fsp3) is 0.400. The minimum absolute atomic E-state index is 0.147. The highest BCUT2D eigenvalue weighted by atomic mass is 15.0. The van der Waals surface area contributed by atoms with Crippen LogP contribution in [0.4, 0.5) is 0 Å². The van der Waals surface area contributed by atoms with E-state index in [1.165, 1.54) is 23.8 Å². The molecule has 2 aromatic rings. The lowest BCUT2D eigenvalue weighted by molar-refractivity contribution is 0.379. The third kappa shape index (κ3) is 1.64. The van der Waals surface area contributed by atoms with Crippen molar-refractivity contribution in [3.63, 3.8) is 0 Å². The minimum atomic E-state index is 0.147. The monoisotopic (exact) mass is 226 g/mol. The van der Waals surface area contributed by atoms with Crippen LogP contribution in [0.3, 0.4) is 0 Å². The van der Waals surface area contributed by atoms with Gasteiger partial charge in [0, 0.05) is 17.1 Å². The molecule has 0 saturated carbocycles. The number of nitrogens with zero attached hydrogens (tertiary/aromatic N) is 1. The summed E-state index contributed by atoms with van der Waals surface area (Å²) in [6.45, 7) is 3.39. The number of hydrogen-bond acceptors (Lipinski definition) is 2. The standard InChI is InChI=1S/C15H18N2/c1-2-15(9-5-11-17-15)13-8-3-6-12-7-4-10-16-14(12)13/h3-4,6-8,10,17H,2,5,9,11H2,1H3. The molecule has 0 radical (unpaired) electrons. The van der Waals surface area contributed by atoms with Gasteiger partial charge in [-0.25, -0.2) is 0 Å². The van der Waals surface area contributed by atoms with Crippen molar-refractivity contribution >= 4 is 10.9 Å². The Morgan fingerprint density at radius 1 is 1.29 bits per heavy atom. The molecular weight excluding hydrogens is 208 g/mol. The largest absolute Gasteiger partial charge is 0.307 e. The van der Waals surface area contributed by atoms with E-state index in [1.807, 2.05) is 12.3 Å². The van der Waals surface area contributed by atoms with Gasteiger partial charge in [0.25, 0.3) is 0 Å². The number of nitrogens with one attached hydrogen (secondary N) is 1. The average molecular weight is 226 g/mol. The fourth-order valence-corrected chi connectivity index (χ4v) is 3.02. The zero-order chi connectivity index (χ0) is 11.7. The lowest BCUT2D eigenvalue weighted by atomic mass is 9.84. The van der Waals surface area contributed by atoms with Gasteiger partial charge >= 0.3 is 0 Å². The zero-order valence-corrected chi connectivity index (χ0v) is 10.2. The Bertz CT molecular complexity index is 522. The van der Waals surface area contributed by atoms with Crippen LogP contribution in [-0.2, 0) is 5.54 Å². The van der Waals surface area contributed by atoms with E-state index in [4.69, 9.17) is 0 Å². The smallest absolute Gasteiger partial charge is 0.0752 e. The van der Waals surface area contributed by atoms with Crippen molar-refractivity contribution in [1.29, 1.82) is 0 Å². The highest BCUT2D eigenvalue weighted by Crippen LogP contribution is 2.36. The maximum atomic E-state index is 4.58. The molecule has 1 unspecified atom stereocenters. The maximum Gasteiger partial charge on any atom is 0.0752 e. The van der Waals surface area contributed by atoms with E-state index in [-0.39, 0.29) is 5.54 Å². The van der Waals surface area contributed by atoms with Crippen LogP contribution in [0.15, 0.2) is 36.5 Å². The molecule has 0 amide bonds. The molecule has 1 fully saturated rings. The molecule has 17 heavy (non-hydrogen) atoms. The molecule has 1 N–H and O–H groups in total. The van der Waals surface area contributed by atoms with Gasteiger partial charge in [0.1, 0.15) is 0 Å². The minimum Gasteiger partial charge on any atom is -0.307 e. The van der Waals surface area contributed by atoms with Crippen molar-refractivity contribution in [3.8, 4) is 0 Å². The zero-order valence-electron chi connectivity index (χ0n) is 10.2. The summed E-state index contributed by atoms with van der Waals surface area (Å²) in [5.41, 5.74) is 2.68. The first-order chi connectivity index (χ1) is 8.36. The molecule has 1 saturated heterocycles. The van der Waals surface area contributed by atoms with E-state index < -0.39 is 0 Å². The molecule has 1 atom stereocenters. The van der Waals surface area contributed by atoms with Crippen molar-refractivity contribution in [2.75, 3.05) is 6.54 Å². The molecule has 88 valence electrons. The third-order valence-electron chi connectivity index (χ3n) is 4.00. The molecule has 0 spiro atoms. The van der Waals surface area contributed by atoms with Crippen LogP contribution in [0.1, 0.15) is 31.7 Å². The third-order valence-corrected chi connectivity index (χ3v) is 4.00. The lowest BCUT2D eigenvalue weighted by Crippen LogP contribution is -2.36. The van der Waals surface area contributed by atoms with Crippen LogP contribution in [0.5, 0.6) is 0 Å². The van der Waals surface area contributed by atoms with Crippen LogP contribution >= 0.6 is 0 Å².